The van der Waals surface area contributed by atoms with Crippen molar-refractivity contribution in [1.29, 1.82) is 0 Å². The summed E-state index contributed by atoms with van der Waals surface area (Å²) in [5.74, 6) is 0.157. The molecule has 0 aliphatic heterocycles. The van der Waals surface area contributed by atoms with Gasteiger partial charge in [-0.25, -0.2) is 8.42 Å². The molecule has 0 saturated carbocycles. The molecule has 0 spiro atoms. The predicted molar refractivity (Wildman–Crippen MR) is 117 cm³/mol. The molecule has 1 N–H and O–H groups in total. The van der Waals surface area contributed by atoms with Crippen LogP contribution in [0.15, 0.2) is 70.5 Å². The van der Waals surface area contributed by atoms with Crippen LogP contribution in [0, 0.1) is 20.8 Å². The van der Waals surface area contributed by atoms with Gasteiger partial charge in [-0.3, -0.25) is 4.72 Å². The third-order valence-corrected chi connectivity index (χ3v) is 7.22. The summed E-state index contributed by atoms with van der Waals surface area (Å²) >= 11 is 5.81. The highest BCUT2D eigenvalue weighted by atomic mass is 35.5. The van der Waals surface area contributed by atoms with E-state index in [-0.39, 0.29) is 15.5 Å². The topological polar surface area (TPSA) is 89.5 Å². The zero-order chi connectivity index (χ0) is 22.1. The van der Waals surface area contributed by atoms with Gasteiger partial charge in [-0.15, -0.1) is 0 Å². The van der Waals surface area contributed by atoms with Gasteiger partial charge in [-0.05, 0) is 80.4 Å². The van der Waals surface area contributed by atoms with Gasteiger partial charge < -0.3 is 4.18 Å². The summed E-state index contributed by atoms with van der Waals surface area (Å²) in [6.45, 7) is 5.15. The fourth-order valence-electron chi connectivity index (χ4n) is 2.83. The van der Waals surface area contributed by atoms with Crippen LogP contribution in [-0.2, 0) is 20.1 Å². The van der Waals surface area contributed by atoms with Crippen LogP contribution in [0.1, 0.15) is 16.7 Å². The van der Waals surface area contributed by atoms with Crippen LogP contribution in [0.2, 0.25) is 5.02 Å². The van der Waals surface area contributed by atoms with Crippen LogP contribution in [-0.4, -0.2) is 16.8 Å². The summed E-state index contributed by atoms with van der Waals surface area (Å²) < 4.78 is 58.2. The van der Waals surface area contributed by atoms with Crippen molar-refractivity contribution in [3.63, 3.8) is 0 Å². The van der Waals surface area contributed by atoms with Gasteiger partial charge in [-0.1, -0.05) is 29.3 Å². The SMILES string of the molecule is Cc1ccc(S(=O)(=O)Oc2c(C)cc(NS(=O)(=O)c3ccc(Cl)cc3)cc2C)cc1. The zero-order valence-corrected chi connectivity index (χ0v) is 18.9. The Morgan fingerprint density at radius 2 is 1.27 bits per heavy atom. The first-order chi connectivity index (χ1) is 14.0. The maximum atomic E-state index is 12.6. The Hall–Kier alpha value is -2.55. The summed E-state index contributed by atoms with van der Waals surface area (Å²) in [5, 5.41) is 0.428. The lowest BCUT2D eigenvalue weighted by Crippen LogP contribution is -2.14. The summed E-state index contributed by atoms with van der Waals surface area (Å²) in [6, 6.07) is 15.1. The highest BCUT2D eigenvalue weighted by Gasteiger charge is 2.21. The first kappa shape index (κ1) is 22.1. The third kappa shape index (κ3) is 4.95. The van der Waals surface area contributed by atoms with E-state index in [0.29, 0.717) is 21.8 Å². The van der Waals surface area contributed by atoms with Gasteiger partial charge in [0.05, 0.1) is 4.90 Å². The van der Waals surface area contributed by atoms with E-state index < -0.39 is 20.1 Å². The fourth-order valence-corrected chi connectivity index (χ4v) is 5.05. The Morgan fingerprint density at radius 3 is 1.80 bits per heavy atom. The summed E-state index contributed by atoms with van der Waals surface area (Å²) in [4.78, 5) is 0.101. The molecule has 0 atom stereocenters. The number of hydrogen-bond acceptors (Lipinski definition) is 5. The number of benzene rings is 3. The molecular weight excluding hydrogens is 446 g/mol. The molecule has 6 nitrogen and oxygen atoms in total. The van der Waals surface area contributed by atoms with Crippen molar-refractivity contribution in [3.05, 3.63) is 82.4 Å². The number of halogens is 1. The molecule has 0 amide bonds. The van der Waals surface area contributed by atoms with Crippen molar-refractivity contribution in [2.45, 2.75) is 30.6 Å². The van der Waals surface area contributed by atoms with Crippen molar-refractivity contribution < 1.29 is 21.0 Å². The van der Waals surface area contributed by atoms with Crippen LogP contribution in [0.3, 0.4) is 0 Å². The highest BCUT2D eigenvalue weighted by molar-refractivity contribution is 7.92. The maximum Gasteiger partial charge on any atom is 0.339 e. The van der Waals surface area contributed by atoms with Crippen molar-refractivity contribution in [1.82, 2.24) is 0 Å². The molecule has 3 rings (SSSR count). The Morgan fingerprint density at radius 1 is 0.767 bits per heavy atom. The van der Waals surface area contributed by atoms with Crippen molar-refractivity contribution in [3.8, 4) is 5.75 Å². The number of anilines is 1. The molecule has 30 heavy (non-hydrogen) atoms. The van der Waals surface area contributed by atoms with Gasteiger partial charge in [0.15, 0.2) is 0 Å². The molecule has 158 valence electrons. The largest absolute Gasteiger partial charge is 0.378 e. The summed E-state index contributed by atoms with van der Waals surface area (Å²) in [6.07, 6.45) is 0. The second kappa shape index (κ2) is 8.29. The van der Waals surface area contributed by atoms with E-state index in [1.54, 1.807) is 26.0 Å². The third-order valence-electron chi connectivity index (χ3n) is 4.34. The standard InChI is InChI=1S/C21H20ClNO5S2/c1-14-4-8-20(9-5-14)30(26,27)28-21-15(2)12-18(13-16(21)3)23-29(24,25)19-10-6-17(22)7-11-19/h4-13,23H,1-3H3. The average molecular weight is 466 g/mol. The van der Waals surface area contributed by atoms with Gasteiger partial charge in [0.25, 0.3) is 10.0 Å². The van der Waals surface area contributed by atoms with Crippen molar-refractivity contribution >= 4 is 37.4 Å². The molecule has 0 aliphatic rings. The molecule has 3 aromatic rings. The van der Waals surface area contributed by atoms with E-state index in [1.807, 2.05) is 6.92 Å². The Kier molecular flexibility index (Phi) is 6.12. The van der Waals surface area contributed by atoms with E-state index in [2.05, 4.69) is 4.72 Å². The predicted octanol–water partition coefficient (Wildman–Crippen LogP) is 4.83. The number of rotatable bonds is 6. The van der Waals surface area contributed by atoms with Gasteiger partial charge >= 0.3 is 10.1 Å². The van der Waals surface area contributed by atoms with E-state index in [0.717, 1.165) is 5.56 Å². The summed E-state index contributed by atoms with van der Waals surface area (Å²) in [5.41, 5.74) is 2.16. The molecule has 0 bridgehead atoms. The molecular formula is C21H20ClNO5S2. The van der Waals surface area contributed by atoms with Crippen molar-refractivity contribution in [2.24, 2.45) is 0 Å². The first-order valence-electron chi connectivity index (χ1n) is 8.89. The lowest BCUT2D eigenvalue weighted by molar-refractivity contribution is 0.482. The molecule has 0 aromatic heterocycles. The molecule has 0 unspecified atom stereocenters. The quantitative estimate of drug-likeness (QED) is 0.526. The maximum absolute atomic E-state index is 12.6. The van der Waals surface area contributed by atoms with Crippen LogP contribution in [0.5, 0.6) is 5.75 Å². The normalized spacial score (nSPS) is 11.9. The first-order valence-corrected chi connectivity index (χ1v) is 12.2. The lowest BCUT2D eigenvalue weighted by Gasteiger charge is -2.15. The molecule has 0 aliphatic carbocycles. The zero-order valence-electron chi connectivity index (χ0n) is 16.5. The molecule has 0 radical (unpaired) electrons. The number of hydrogen-bond donors (Lipinski definition) is 1. The minimum Gasteiger partial charge on any atom is -0.378 e. The molecule has 9 heteroatoms. The number of sulfonamides is 1. The average Bonchev–Trinajstić information content (AvgIpc) is 2.65. The van der Waals surface area contributed by atoms with Crippen molar-refractivity contribution in [2.75, 3.05) is 4.72 Å². The van der Waals surface area contributed by atoms with Gasteiger partial charge in [-0.2, -0.15) is 8.42 Å². The van der Waals surface area contributed by atoms with Crippen LogP contribution >= 0.6 is 11.6 Å². The Balaban J connectivity index is 1.88. The summed E-state index contributed by atoms with van der Waals surface area (Å²) in [7, 11) is -7.85. The highest BCUT2D eigenvalue weighted by Crippen LogP contribution is 2.31. The fraction of sp³-hybridized carbons (Fsp3) is 0.143. The van der Waals surface area contributed by atoms with E-state index in [9.17, 15) is 16.8 Å². The second-order valence-electron chi connectivity index (χ2n) is 6.85. The van der Waals surface area contributed by atoms with Gasteiger partial charge in [0.2, 0.25) is 0 Å². The van der Waals surface area contributed by atoms with E-state index >= 15 is 0 Å². The Labute approximate surface area is 181 Å². The minimum absolute atomic E-state index is 0.0411. The molecule has 0 fully saturated rings. The number of nitrogens with one attached hydrogen (secondary N) is 1. The van der Waals surface area contributed by atoms with Crippen LogP contribution in [0.25, 0.3) is 0 Å². The smallest absolute Gasteiger partial charge is 0.339 e. The molecule has 3 aromatic carbocycles. The van der Waals surface area contributed by atoms with Crippen LogP contribution < -0.4 is 8.91 Å². The van der Waals surface area contributed by atoms with Gasteiger partial charge in [0, 0.05) is 10.7 Å². The minimum atomic E-state index is -4.02. The lowest BCUT2D eigenvalue weighted by atomic mass is 10.1. The molecule has 0 saturated heterocycles. The van der Waals surface area contributed by atoms with Gasteiger partial charge in [0.1, 0.15) is 10.6 Å². The van der Waals surface area contributed by atoms with Crippen LogP contribution in [0.4, 0.5) is 5.69 Å². The van der Waals surface area contributed by atoms with E-state index in [4.69, 9.17) is 15.8 Å². The monoisotopic (exact) mass is 465 g/mol. The Bertz CT molecular complexity index is 1260. The number of aryl methyl sites for hydroxylation is 3. The molecule has 0 heterocycles. The van der Waals surface area contributed by atoms with E-state index in [1.165, 1.54) is 48.5 Å². The second-order valence-corrected chi connectivity index (χ2v) is 10.5.